The van der Waals surface area contributed by atoms with Gasteiger partial charge in [0.05, 0.1) is 24.7 Å². The van der Waals surface area contributed by atoms with Gasteiger partial charge in [-0.3, -0.25) is 9.38 Å². The monoisotopic (exact) mass is 317 g/mol. The van der Waals surface area contributed by atoms with E-state index in [1.807, 2.05) is 40.9 Å². The molecule has 0 aliphatic heterocycles. The second kappa shape index (κ2) is 5.66. The molecule has 0 saturated heterocycles. The highest BCUT2D eigenvalue weighted by Crippen LogP contribution is 2.32. The smallest absolute Gasteiger partial charge is 0.140 e. The maximum Gasteiger partial charge on any atom is 0.140 e. The van der Waals surface area contributed by atoms with Gasteiger partial charge in [-0.1, -0.05) is 12.1 Å². The number of nitrogen functional groups attached to an aromatic ring is 1. The predicted molar refractivity (Wildman–Crippen MR) is 92.6 cm³/mol. The van der Waals surface area contributed by atoms with E-state index in [0.29, 0.717) is 5.82 Å². The van der Waals surface area contributed by atoms with Crippen LogP contribution in [0.15, 0.2) is 61.2 Å². The molecule has 4 rings (SSSR count). The van der Waals surface area contributed by atoms with Gasteiger partial charge in [0.1, 0.15) is 17.2 Å². The first-order valence-corrected chi connectivity index (χ1v) is 7.44. The number of nitrogens with two attached hydrogens (primary N) is 1. The van der Waals surface area contributed by atoms with Crippen LogP contribution in [0.2, 0.25) is 0 Å². The zero-order chi connectivity index (χ0) is 16.5. The Morgan fingerprint density at radius 2 is 2.04 bits per heavy atom. The fourth-order valence-electron chi connectivity index (χ4n) is 2.70. The number of aromatic nitrogens is 4. The molecule has 0 spiro atoms. The highest BCUT2D eigenvalue weighted by atomic mass is 16.5. The van der Waals surface area contributed by atoms with Crippen molar-refractivity contribution in [2.45, 2.75) is 0 Å². The van der Waals surface area contributed by atoms with Crippen LogP contribution in [-0.4, -0.2) is 26.5 Å². The van der Waals surface area contributed by atoms with E-state index in [0.717, 1.165) is 33.9 Å². The SMILES string of the molecule is COc1cc2ncc(-c3cccc(N)n3)n2cc1-c1cccnc1. The van der Waals surface area contributed by atoms with Gasteiger partial charge in [-0.2, -0.15) is 0 Å². The van der Waals surface area contributed by atoms with Gasteiger partial charge >= 0.3 is 0 Å². The second-order valence-corrected chi connectivity index (χ2v) is 5.32. The highest BCUT2D eigenvalue weighted by Gasteiger charge is 2.13. The molecule has 118 valence electrons. The molecule has 0 aliphatic carbocycles. The highest BCUT2D eigenvalue weighted by molar-refractivity contribution is 5.74. The van der Waals surface area contributed by atoms with Crippen LogP contribution in [0.3, 0.4) is 0 Å². The number of ether oxygens (including phenoxy) is 1. The van der Waals surface area contributed by atoms with Gasteiger partial charge in [0.15, 0.2) is 0 Å². The number of methoxy groups -OCH3 is 1. The van der Waals surface area contributed by atoms with Crippen molar-refractivity contribution in [3.8, 4) is 28.3 Å². The van der Waals surface area contributed by atoms with Gasteiger partial charge in [0.2, 0.25) is 0 Å². The van der Waals surface area contributed by atoms with E-state index in [4.69, 9.17) is 10.5 Å². The molecule has 0 atom stereocenters. The molecule has 0 saturated carbocycles. The van der Waals surface area contributed by atoms with Gasteiger partial charge in [0, 0.05) is 35.8 Å². The Kier molecular flexibility index (Phi) is 3.35. The van der Waals surface area contributed by atoms with Crippen LogP contribution < -0.4 is 10.5 Å². The lowest BCUT2D eigenvalue weighted by atomic mass is 10.1. The first-order valence-electron chi connectivity index (χ1n) is 7.44. The number of imidazole rings is 1. The van der Waals surface area contributed by atoms with Crippen molar-refractivity contribution in [2.75, 3.05) is 12.8 Å². The first-order chi connectivity index (χ1) is 11.8. The van der Waals surface area contributed by atoms with Gasteiger partial charge in [-0.25, -0.2) is 9.97 Å². The molecule has 4 aromatic rings. The molecule has 6 nitrogen and oxygen atoms in total. The molecule has 0 bridgehead atoms. The zero-order valence-corrected chi connectivity index (χ0v) is 13.0. The van der Waals surface area contributed by atoms with Crippen molar-refractivity contribution in [3.63, 3.8) is 0 Å². The lowest BCUT2D eigenvalue weighted by Gasteiger charge is -2.10. The van der Waals surface area contributed by atoms with Crippen LogP contribution in [0.5, 0.6) is 5.75 Å². The van der Waals surface area contributed by atoms with Crippen molar-refractivity contribution in [1.29, 1.82) is 0 Å². The predicted octanol–water partition coefficient (Wildman–Crippen LogP) is 3.05. The molecule has 4 heterocycles. The number of hydrogen-bond acceptors (Lipinski definition) is 5. The van der Waals surface area contributed by atoms with Crippen molar-refractivity contribution >= 4 is 11.5 Å². The maximum absolute atomic E-state index is 5.81. The van der Waals surface area contributed by atoms with Crippen LogP contribution in [0, 0.1) is 0 Å². The number of rotatable bonds is 3. The van der Waals surface area contributed by atoms with Gasteiger partial charge in [-0.15, -0.1) is 0 Å². The van der Waals surface area contributed by atoms with E-state index in [1.165, 1.54) is 0 Å². The van der Waals surface area contributed by atoms with E-state index < -0.39 is 0 Å². The van der Waals surface area contributed by atoms with E-state index >= 15 is 0 Å². The van der Waals surface area contributed by atoms with Crippen LogP contribution in [0.4, 0.5) is 5.82 Å². The van der Waals surface area contributed by atoms with Crippen molar-refractivity contribution < 1.29 is 4.74 Å². The van der Waals surface area contributed by atoms with Gasteiger partial charge in [0.25, 0.3) is 0 Å². The Labute approximate surface area is 138 Å². The van der Waals surface area contributed by atoms with Crippen LogP contribution >= 0.6 is 0 Å². The van der Waals surface area contributed by atoms with Crippen molar-refractivity contribution in [3.05, 3.63) is 61.2 Å². The molecule has 0 fully saturated rings. The van der Waals surface area contributed by atoms with Gasteiger partial charge in [-0.05, 0) is 18.2 Å². The minimum atomic E-state index is 0.475. The number of nitrogens with zero attached hydrogens (tertiary/aromatic N) is 4. The van der Waals surface area contributed by atoms with Crippen LogP contribution in [0.25, 0.3) is 28.2 Å². The fourth-order valence-corrected chi connectivity index (χ4v) is 2.70. The average molecular weight is 317 g/mol. The largest absolute Gasteiger partial charge is 0.496 e. The molecule has 0 aromatic carbocycles. The molecular weight excluding hydrogens is 302 g/mol. The third kappa shape index (κ3) is 2.34. The number of hydrogen-bond donors (Lipinski definition) is 1. The molecule has 0 aliphatic rings. The number of pyridine rings is 3. The molecule has 4 aromatic heterocycles. The Morgan fingerprint density at radius 3 is 2.79 bits per heavy atom. The quantitative estimate of drug-likeness (QED) is 0.628. The minimum Gasteiger partial charge on any atom is -0.496 e. The summed E-state index contributed by atoms with van der Waals surface area (Å²) in [7, 11) is 1.65. The molecular formula is C18H15N5O. The summed E-state index contributed by atoms with van der Waals surface area (Å²) in [4.78, 5) is 13.0. The zero-order valence-electron chi connectivity index (χ0n) is 13.0. The van der Waals surface area contributed by atoms with E-state index in [2.05, 4.69) is 15.0 Å². The third-order valence-electron chi connectivity index (χ3n) is 3.83. The topological polar surface area (TPSA) is 78.3 Å². The summed E-state index contributed by atoms with van der Waals surface area (Å²) in [5, 5.41) is 0. The molecule has 2 N–H and O–H groups in total. The lowest BCUT2D eigenvalue weighted by molar-refractivity contribution is 0.416. The third-order valence-corrected chi connectivity index (χ3v) is 3.83. The van der Waals surface area contributed by atoms with E-state index in [-0.39, 0.29) is 0 Å². The molecule has 0 radical (unpaired) electrons. The first kappa shape index (κ1) is 14.2. The van der Waals surface area contributed by atoms with Crippen molar-refractivity contribution in [1.82, 2.24) is 19.4 Å². The normalized spacial score (nSPS) is 10.9. The molecule has 24 heavy (non-hydrogen) atoms. The Bertz CT molecular complexity index is 1010. The molecule has 6 heteroatoms. The fraction of sp³-hybridized carbons (Fsp3) is 0.0556. The maximum atomic E-state index is 5.81. The van der Waals surface area contributed by atoms with Gasteiger partial charge < -0.3 is 10.5 Å². The lowest BCUT2D eigenvalue weighted by Crippen LogP contribution is -1.97. The molecule has 0 unspecified atom stereocenters. The Hall–Kier alpha value is -3.41. The standard InChI is InChI=1S/C18H15N5O/c1-24-16-8-18-21-10-15(14-5-2-6-17(19)22-14)23(18)11-13(16)12-4-3-7-20-9-12/h2-11H,1H3,(H2,19,22). The Balaban J connectivity index is 1.96. The second-order valence-electron chi connectivity index (χ2n) is 5.32. The minimum absolute atomic E-state index is 0.475. The summed E-state index contributed by atoms with van der Waals surface area (Å²) in [5.41, 5.74) is 10.1. The average Bonchev–Trinajstić information content (AvgIpc) is 3.04. The summed E-state index contributed by atoms with van der Waals surface area (Å²) >= 11 is 0. The van der Waals surface area contributed by atoms with Crippen LogP contribution in [0.1, 0.15) is 0 Å². The number of anilines is 1. The Morgan fingerprint density at radius 1 is 1.12 bits per heavy atom. The van der Waals surface area contributed by atoms with Crippen molar-refractivity contribution in [2.24, 2.45) is 0 Å². The van der Waals surface area contributed by atoms with Crippen LogP contribution in [-0.2, 0) is 0 Å². The summed E-state index contributed by atoms with van der Waals surface area (Å²) in [6.07, 6.45) is 7.31. The number of fused-ring (bicyclic) bond motifs is 1. The summed E-state index contributed by atoms with van der Waals surface area (Å²) < 4.78 is 7.50. The summed E-state index contributed by atoms with van der Waals surface area (Å²) in [6, 6.07) is 11.3. The summed E-state index contributed by atoms with van der Waals surface area (Å²) in [6.45, 7) is 0. The van der Waals surface area contributed by atoms with E-state index in [1.54, 1.807) is 31.8 Å². The van der Waals surface area contributed by atoms with E-state index in [9.17, 15) is 0 Å². The summed E-state index contributed by atoms with van der Waals surface area (Å²) in [5.74, 6) is 1.22. The molecule has 0 amide bonds.